The number of allylic oxidation sites excluding steroid dienone is 2. The van der Waals surface area contributed by atoms with Gasteiger partial charge in [0.2, 0.25) is 0 Å². The molecule has 4 saturated carbocycles. The first-order chi connectivity index (χ1) is 19.0. The highest BCUT2D eigenvalue weighted by molar-refractivity contribution is 5.78. The van der Waals surface area contributed by atoms with Gasteiger partial charge in [0.25, 0.3) is 0 Å². The molecule has 0 amide bonds. The van der Waals surface area contributed by atoms with Crippen molar-refractivity contribution >= 4 is 17.9 Å². The Bertz CT molecular complexity index is 1140. The van der Waals surface area contributed by atoms with E-state index < -0.39 is 17.6 Å². The van der Waals surface area contributed by atoms with Crippen molar-refractivity contribution in [2.45, 2.75) is 126 Å². The highest BCUT2D eigenvalue weighted by Gasteiger charge is 2.71. The van der Waals surface area contributed by atoms with E-state index in [9.17, 15) is 14.4 Å². The molecule has 5 rings (SSSR count). The molecule has 0 aliphatic heterocycles. The van der Waals surface area contributed by atoms with E-state index >= 15 is 0 Å². The average molecular weight is 571 g/mol. The fraction of sp³-hybridized carbons (Fsp3) is 0.857. The zero-order chi connectivity index (χ0) is 30.3. The molecule has 0 N–H and O–H groups in total. The van der Waals surface area contributed by atoms with Crippen LogP contribution < -0.4 is 0 Å². The number of carbonyl (C=O) groups excluding carboxylic acids is 3. The lowest BCUT2D eigenvalue weighted by molar-refractivity contribution is -0.244. The van der Waals surface area contributed by atoms with Gasteiger partial charge in [-0.15, -0.1) is 0 Å². The molecule has 3 unspecified atom stereocenters. The van der Waals surface area contributed by atoms with Gasteiger partial charge in [0.05, 0.1) is 12.5 Å². The molecule has 0 radical (unpaired) electrons. The van der Waals surface area contributed by atoms with Gasteiger partial charge in [-0.25, -0.2) is 0 Å². The number of hydrogen-bond acceptors (Lipinski definition) is 6. The second-order valence-electron chi connectivity index (χ2n) is 16.0. The summed E-state index contributed by atoms with van der Waals surface area (Å²) in [6.07, 6.45) is 9.28. The van der Waals surface area contributed by atoms with Gasteiger partial charge in [-0.3, -0.25) is 14.4 Å². The van der Waals surface area contributed by atoms with Crippen LogP contribution in [0.4, 0.5) is 0 Å². The molecule has 0 aromatic heterocycles. The van der Waals surface area contributed by atoms with Gasteiger partial charge < -0.3 is 14.2 Å². The van der Waals surface area contributed by atoms with Gasteiger partial charge in [0.1, 0.15) is 12.2 Å². The molecule has 0 heterocycles. The lowest BCUT2D eigenvalue weighted by Crippen LogP contribution is -2.68. The van der Waals surface area contributed by atoms with Crippen LogP contribution in [-0.2, 0) is 28.6 Å². The average Bonchev–Trinajstić information content (AvgIpc) is 2.87. The number of rotatable bonds is 3. The third-order valence-corrected chi connectivity index (χ3v) is 14.1. The standard InChI is InChI=1S/C35H54O6/c1-20-13-16-35(30(38)39-10)18-17-33(8)24(28(35)21(20)2)11-12-27-32(7)19-25(40-22(3)36)29(41-23(4)37)31(5,6)26(32)14-15-34(27,33)9/h11,20-21,25-29H,12-19H2,1-10H3/t20-,21+,25-,26?,27?,28?,29+,32+,33-,34-,35+/m1/s1. The molecule has 230 valence electrons. The highest BCUT2D eigenvalue weighted by atomic mass is 16.6. The van der Waals surface area contributed by atoms with E-state index in [0.717, 1.165) is 44.9 Å². The molecule has 0 saturated heterocycles. The van der Waals surface area contributed by atoms with E-state index in [1.807, 2.05) is 0 Å². The molecule has 41 heavy (non-hydrogen) atoms. The lowest BCUT2D eigenvalue weighted by Gasteiger charge is -2.71. The van der Waals surface area contributed by atoms with Crippen LogP contribution in [0.5, 0.6) is 0 Å². The van der Waals surface area contributed by atoms with Crippen molar-refractivity contribution in [3.05, 3.63) is 11.6 Å². The topological polar surface area (TPSA) is 78.9 Å². The first-order valence-corrected chi connectivity index (χ1v) is 16.1. The van der Waals surface area contributed by atoms with Gasteiger partial charge in [0, 0.05) is 19.3 Å². The zero-order valence-electron chi connectivity index (χ0n) is 27.2. The molecule has 0 aromatic rings. The van der Waals surface area contributed by atoms with E-state index in [1.165, 1.54) is 19.4 Å². The van der Waals surface area contributed by atoms with Crippen LogP contribution in [0.15, 0.2) is 11.6 Å². The van der Waals surface area contributed by atoms with Crippen LogP contribution >= 0.6 is 0 Å². The van der Waals surface area contributed by atoms with Crippen molar-refractivity contribution in [2.24, 2.45) is 56.7 Å². The minimum Gasteiger partial charge on any atom is -0.469 e. The molecule has 6 heteroatoms. The van der Waals surface area contributed by atoms with Gasteiger partial charge in [0.15, 0.2) is 0 Å². The lowest BCUT2D eigenvalue weighted by atomic mass is 9.33. The molecule has 4 fully saturated rings. The van der Waals surface area contributed by atoms with Crippen molar-refractivity contribution in [1.29, 1.82) is 0 Å². The summed E-state index contributed by atoms with van der Waals surface area (Å²) >= 11 is 0. The van der Waals surface area contributed by atoms with Crippen molar-refractivity contribution in [1.82, 2.24) is 0 Å². The van der Waals surface area contributed by atoms with Crippen LogP contribution in [0.25, 0.3) is 0 Å². The summed E-state index contributed by atoms with van der Waals surface area (Å²) in [6, 6.07) is 0. The second kappa shape index (κ2) is 9.84. The molecule has 0 spiro atoms. The van der Waals surface area contributed by atoms with Gasteiger partial charge in [-0.1, -0.05) is 60.1 Å². The van der Waals surface area contributed by atoms with Crippen LogP contribution in [0, 0.1) is 56.7 Å². The third kappa shape index (κ3) is 4.11. The van der Waals surface area contributed by atoms with Crippen LogP contribution in [0.1, 0.15) is 114 Å². The molecule has 0 bridgehead atoms. The highest BCUT2D eigenvalue weighted by Crippen LogP contribution is 2.76. The Balaban J connectivity index is 1.60. The van der Waals surface area contributed by atoms with Gasteiger partial charge >= 0.3 is 17.9 Å². The third-order valence-electron chi connectivity index (χ3n) is 14.1. The predicted molar refractivity (Wildman–Crippen MR) is 157 cm³/mol. The smallest absolute Gasteiger partial charge is 0.312 e. The molecule has 0 aromatic carbocycles. The van der Waals surface area contributed by atoms with Crippen molar-refractivity contribution < 1.29 is 28.6 Å². The normalized spacial score (nSPS) is 48.2. The summed E-state index contributed by atoms with van der Waals surface area (Å²) in [7, 11) is 1.56. The number of carbonyl (C=O) groups is 3. The minimum atomic E-state index is -0.467. The van der Waals surface area contributed by atoms with E-state index in [1.54, 1.807) is 7.11 Å². The number of fused-ring (bicyclic) bond motifs is 7. The minimum absolute atomic E-state index is 0.0121. The molecular formula is C35H54O6. The number of esters is 3. The van der Waals surface area contributed by atoms with Crippen LogP contribution in [-0.4, -0.2) is 37.2 Å². The van der Waals surface area contributed by atoms with Crippen molar-refractivity contribution in [2.75, 3.05) is 7.11 Å². The maximum absolute atomic E-state index is 13.5. The molecule has 11 atom stereocenters. The Kier molecular flexibility index (Phi) is 7.34. The SMILES string of the molecule is COC(=O)[C@]12CC[C@@H](C)[C@H](C)C1C1=CCC3[C@@]4(C)C[C@@H](OC(C)=O)[C@H](OC(C)=O)C(C)(C)C4CC[C@@]3(C)[C@]1(C)CC2. The molecule has 6 nitrogen and oxygen atoms in total. The Hall–Kier alpha value is -1.85. The monoisotopic (exact) mass is 570 g/mol. The van der Waals surface area contributed by atoms with Crippen molar-refractivity contribution in [3.63, 3.8) is 0 Å². The van der Waals surface area contributed by atoms with Gasteiger partial charge in [-0.2, -0.15) is 0 Å². The summed E-state index contributed by atoms with van der Waals surface area (Å²) in [5.74, 6) is 1.26. The van der Waals surface area contributed by atoms with Gasteiger partial charge in [-0.05, 0) is 97.2 Å². The Labute approximate surface area is 247 Å². The second-order valence-corrected chi connectivity index (χ2v) is 16.0. The maximum atomic E-state index is 13.5. The van der Waals surface area contributed by atoms with E-state index in [4.69, 9.17) is 14.2 Å². The number of ether oxygens (including phenoxy) is 3. The Morgan fingerprint density at radius 3 is 2.12 bits per heavy atom. The molecule has 5 aliphatic rings. The largest absolute Gasteiger partial charge is 0.469 e. The van der Waals surface area contributed by atoms with E-state index in [2.05, 4.69) is 54.5 Å². The summed E-state index contributed by atoms with van der Waals surface area (Å²) in [4.78, 5) is 38.0. The Morgan fingerprint density at radius 1 is 0.854 bits per heavy atom. The molecular weight excluding hydrogens is 516 g/mol. The summed E-state index contributed by atoms with van der Waals surface area (Å²) in [6.45, 7) is 19.5. The first-order valence-electron chi connectivity index (χ1n) is 16.1. The van der Waals surface area contributed by atoms with Crippen molar-refractivity contribution in [3.8, 4) is 0 Å². The van der Waals surface area contributed by atoms with Crippen LogP contribution in [0.3, 0.4) is 0 Å². The Morgan fingerprint density at radius 2 is 1.51 bits per heavy atom. The van der Waals surface area contributed by atoms with E-state index in [0.29, 0.717) is 30.1 Å². The fourth-order valence-corrected chi connectivity index (χ4v) is 11.9. The quantitative estimate of drug-likeness (QED) is 0.201. The summed E-state index contributed by atoms with van der Waals surface area (Å²) in [5.41, 5.74) is 0.673. The maximum Gasteiger partial charge on any atom is 0.312 e. The summed E-state index contributed by atoms with van der Waals surface area (Å²) in [5, 5.41) is 0. The fourth-order valence-electron chi connectivity index (χ4n) is 11.9. The number of hydrogen-bond donors (Lipinski definition) is 0. The van der Waals surface area contributed by atoms with E-state index in [-0.39, 0.29) is 45.5 Å². The van der Waals surface area contributed by atoms with Crippen LogP contribution in [0.2, 0.25) is 0 Å². The summed E-state index contributed by atoms with van der Waals surface area (Å²) < 4.78 is 17.4. The predicted octanol–water partition coefficient (Wildman–Crippen LogP) is 7.29. The zero-order valence-corrected chi connectivity index (χ0v) is 27.2. The number of methoxy groups -OCH3 is 1. The first kappa shape index (κ1) is 30.6. The molecule has 5 aliphatic carbocycles.